The third-order valence-electron chi connectivity index (χ3n) is 2.86. The molecule has 0 amide bonds. The van der Waals surface area contributed by atoms with Crippen LogP contribution in [0.1, 0.15) is 18.9 Å². The molecule has 1 heterocycles. The van der Waals surface area contributed by atoms with Crippen LogP contribution in [0.5, 0.6) is 0 Å². The molecule has 1 N–H and O–H groups in total. The minimum atomic E-state index is -3.34. The van der Waals surface area contributed by atoms with E-state index in [9.17, 15) is 12.8 Å². The van der Waals surface area contributed by atoms with Crippen molar-refractivity contribution in [3.8, 4) is 0 Å². The summed E-state index contributed by atoms with van der Waals surface area (Å²) in [5.74, 6) is -0.383. The molecule has 0 bridgehead atoms. The Labute approximate surface area is 133 Å². The molecule has 22 heavy (non-hydrogen) atoms. The van der Waals surface area contributed by atoms with Crippen molar-refractivity contribution in [3.63, 3.8) is 0 Å². The van der Waals surface area contributed by atoms with Crippen LogP contribution in [0.3, 0.4) is 0 Å². The lowest BCUT2D eigenvalue weighted by Gasteiger charge is -2.08. The number of benzene rings is 1. The van der Waals surface area contributed by atoms with Crippen molar-refractivity contribution in [2.45, 2.75) is 26.4 Å². The van der Waals surface area contributed by atoms with E-state index in [1.54, 1.807) is 6.07 Å². The Morgan fingerprint density at radius 2 is 2.18 bits per heavy atom. The molecule has 0 saturated carbocycles. The first-order valence-corrected chi connectivity index (χ1v) is 9.46. The van der Waals surface area contributed by atoms with Crippen LogP contribution < -0.4 is 4.72 Å². The van der Waals surface area contributed by atoms with E-state index in [-0.39, 0.29) is 30.8 Å². The van der Waals surface area contributed by atoms with Crippen LogP contribution in [-0.2, 0) is 21.2 Å². The van der Waals surface area contributed by atoms with Gasteiger partial charge in [-0.05, 0) is 26.0 Å². The number of ether oxygens (including phenoxy) is 1. The second-order valence-electron chi connectivity index (χ2n) is 5.10. The van der Waals surface area contributed by atoms with Gasteiger partial charge in [0.2, 0.25) is 10.0 Å². The number of hydrogen-bond acceptors (Lipinski definition) is 5. The topological polar surface area (TPSA) is 68.3 Å². The molecular formula is C14H19FN2O3S2. The Bertz CT molecular complexity index is 729. The summed E-state index contributed by atoms with van der Waals surface area (Å²) >= 11 is 1.44. The summed E-state index contributed by atoms with van der Waals surface area (Å²) in [6.45, 7) is 4.16. The third kappa shape index (κ3) is 5.28. The van der Waals surface area contributed by atoms with E-state index in [0.717, 1.165) is 9.71 Å². The van der Waals surface area contributed by atoms with Crippen LogP contribution in [0.2, 0.25) is 0 Å². The normalized spacial score (nSPS) is 12.4. The molecule has 0 aliphatic rings. The van der Waals surface area contributed by atoms with Crippen molar-refractivity contribution >= 4 is 31.6 Å². The summed E-state index contributed by atoms with van der Waals surface area (Å²) in [4.78, 5) is 4.30. The Hall–Kier alpha value is -1.09. The Morgan fingerprint density at radius 3 is 2.91 bits per heavy atom. The first-order chi connectivity index (χ1) is 10.4. The zero-order chi connectivity index (χ0) is 16.2. The average molecular weight is 346 g/mol. The molecule has 0 spiro atoms. The summed E-state index contributed by atoms with van der Waals surface area (Å²) < 4.78 is 45.3. The number of nitrogens with zero attached hydrogens (tertiary/aromatic N) is 1. The number of nitrogens with one attached hydrogen (secondary N) is 1. The highest BCUT2D eigenvalue weighted by Gasteiger charge is 2.11. The number of thiazole rings is 1. The second kappa shape index (κ2) is 7.45. The predicted octanol–water partition coefficient (Wildman–Crippen LogP) is 2.32. The van der Waals surface area contributed by atoms with Gasteiger partial charge in [-0.3, -0.25) is 0 Å². The largest absolute Gasteiger partial charge is 0.378 e. The number of hydrogen-bond donors (Lipinski definition) is 1. The van der Waals surface area contributed by atoms with Gasteiger partial charge in [0.15, 0.2) is 0 Å². The molecule has 0 fully saturated rings. The maximum Gasteiger partial charge on any atom is 0.213 e. The van der Waals surface area contributed by atoms with Crippen molar-refractivity contribution in [1.29, 1.82) is 0 Å². The van der Waals surface area contributed by atoms with Crippen molar-refractivity contribution in [2.75, 3.05) is 18.9 Å². The van der Waals surface area contributed by atoms with Crippen molar-refractivity contribution in [3.05, 3.63) is 29.0 Å². The summed E-state index contributed by atoms with van der Waals surface area (Å²) in [7, 11) is -3.34. The summed E-state index contributed by atoms with van der Waals surface area (Å²) in [5.41, 5.74) is 0.605. The smallest absolute Gasteiger partial charge is 0.213 e. The molecule has 1 aromatic heterocycles. The SMILES string of the molecule is CC(C)OCCS(=O)(=O)NCCc1nc2cc(F)ccc2s1. The van der Waals surface area contributed by atoms with Crippen molar-refractivity contribution < 1.29 is 17.5 Å². The first kappa shape index (κ1) is 17.3. The third-order valence-corrected chi connectivity index (χ3v) is 5.30. The molecule has 0 radical (unpaired) electrons. The molecule has 0 aliphatic heterocycles. The Balaban J connectivity index is 1.84. The average Bonchev–Trinajstić information content (AvgIpc) is 2.79. The number of aromatic nitrogens is 1. The number of rotatable bonds is 8. The molecule has 2 aromatic rings. The Morgan fingerprint density at radius 1 is 1.41 bits per heavy atom. The lowest BCUT2D eigenvalue weighted by atomic mass is 10.3. The summed E-state index contributed by atoms with van der Waals surface area (Å²) in [6.07, 6.45) is 0.490. The molecular weight excluding hydrogens is 327 g/mol. The van der Waals surface area contributed by atoms with E-state index in [2.05, 4.69) is 9.71 Å². The van der Waals surface area contributed by atoms with E-state index in [4.69, 9.17) is 4.74 Å². The van der Waals surface area contributed by atoms with Crippen LogP contribution in [-0.4, -0.2) is 38.4 Å². The van der Waals surface area contributed by atoms with Gasteiger partial charge in [0.05, 0.1) is 33.7 Å². The Kier molecular flexibility index (Phi) is 5.85. The van der Waals surface area contributed by atoms with Crippen LogP contribution in [0, 0.1) is 5.82 Å². The van der Waals surface area contributed by atoms with Gasteiger partial charge >= 0.3 is 0 Å². The van der Waals surface area contributed by atoms with Crippen molar-refractivity contribution in [2.24, 2.45) is 0 Å². The van der Waals surface area contributed by atoms with Crippen LogP contribution in [0.25, 0.3) is 10.2 Å². The fraction of sp³-hybridized carbons (Fsp3) is 0.500. The molecule has 0 unspecified atom stereocenters. The van der Waals surface area contributed by atoms with Crippen LogP contribution >= 0.6 is 11.3 Å². The molecule has 1 aromatic carbocycles. The van der Waals surface area contributed by atoms with Crippen LogP contribution in [0.4, 0.5) is 4.39 Å². The highest BCUT2D eigenvalue weighted by molar-refractivity contribution is 7.89. The molecule has 0 atom stereocenters. The van der Waals surface area contributed by atoms with Crippen molar-refractivity contribution in [1.82, 2.24) is 9.71 Å². The molecule has 0 saturated heterocycles. The maximum atomic E-state index is 13.1. The van der Waals surface area contributed by atoms with E-state index >= 15 is 0 Å². The minimum Gasteiger partial charge on any atom is -0.378 e. The van der Waals surface area contributed by atoms with Gasteiger partial charge in [0.25, 0.3) is 0 Å². The maximum absolute atomic E-state index is 13.1. The van der Waals surface area contributed by atoms with Gasteiger partial charge in [0.1, 0.15) is 5.82 Å². The first-order valence-electron chi connectivity index (χ1n) is 6.99. The summed E-state index contributed by atoms with van der Waals surface area (Å²) in [5, 5.41) is 0.779. The molecule has 5 nitrogen and oxygen atoms in total. The number of halogens is 1. The highest BCUT2D eigenvalue weighted by Crippen LogP contribution is 2.22. The summed E-state index contributed by atoms with van der Waals surface area (Å²) in [6, 6.07) is 4.45. The quantitative estimate of drug-likeness (QED) is 0.796. The predicted molar refractivity (Wildman–Crippen MR) is 86.2 cm³/mol. The lowest BCUT2D eigenvalue weighted by Crippen LogP contribution is -2.30. The fourth-order valence-corrected chi connectivity index (χ4v) is 3.65. The van der Waals surface area contributed by atoms with Gasteiger partial charge in [-0.2, -0.15) is 0 Å². The fourth-order valence-electron chi connectivity index (χ4n) is 1.83. The van der Waals surface area contributed by atoms with Gasteiger partial charge < -0.3 is 4.74 Å². The van der Waals surface area contributed by atoms with Crippen LogP contribution in [0.15, 0.2) is 18.2 Å². The van der Waals surface area contributed by atoms with E-state index in [1.807, 2.05) is 13.8 Å². The standard InChI is InChI=1S/C14H19FN2O3S2/c1-10(2)20-7-8-22(18,19)16-6-5-14-17-12-9-11(15)3-4-13(12)21-14/h3-4,9-10,16H,5-8H2,1-2H3. The monoisotopic (exact) mass is 346 g/mol. The second-order valence-corrected chi connectivity index (χ2v) is 8.14. The highest BCUT2D eigenvalue weighted by atomic mass is 32.2. The van der Waals surface area contributed by atoms with Gasteiger partial charge in [-0.1, -0.05) is 0 Å². The molecule has 8 heteroatoms. The van der Waals surface area contributed by atoms with Gasteiger partial charge in [0, 0.05) is 19.0 Å². The van der Waals surface area contributed by atoms with E-state index < -0.39 is 10.0 Å². The number of fused-ring (bicyclic) bond motifs is 1. The van der Waals surface area contributed by atoms with E-state index in [0.29, 0.717) is 11.9 Å². The minimum absolute atomic E-state index is 0.0124. The molecule has 2 rings (SSSR count). The lowest BCUT2D eigenvalue weighted by molar-refractivity contribution is 0.0911. The zero-order valence-electron chi connectivity index (χ0n) is 12.5. The van der Waals surface area contributed by atoms with E-state index in [1.165, 1.54) is 23.5 Å². The zero-order valence-corrected chi connectivity index (χ0v) is 14.1. The van der Waals surface area contributed by atoms with Gasteiger partial charge in [-0.15, -0.1) is 11.3 Å². The molecule has 0 aliphatic carbocycles. The van der Waals surface area contributed by atoms with Gasteiger partial charge in [-0.25, -0.2) is 22.5 Å². The molecule has 122 valence electrons. The number of sulfonamides is 1.